The summed E-state index contributed by atoms with van der Waals surface area (Å²) in [5.74, 6) is 1.60. The molecule has 1 atom stereocenters. The highest BCUT2D eigenvalue weighted by Crippen LogP contribution is 2.18. The summed E-state index contributed by atoms with van der Waals surface area (Å²) in [6.45, 7) is 4.94. The Morgan fingerprint density at radius 2 is 2.20 bits per heavy atom. The summed E-state index contributed by atoms with van der Waals surface area (Å²) in [5, 5.41) is 6.26. The molecule has 2 N–H and O–H groups in total. The molecule has 1 aromatic carbocycles. The van der Waals surface area contributed by atoms with Crippen LogP contribution in [-0.4, -0.2) is 25.6 Å². The number of amides is 1. The molecule has 1 saturated heterocycles. The number of carbonyl (C=O) groups is 1. The van der Waals surface area contributed by atoms with E-state index in [4.69, 9.17) is 4.74 Å². The maximum Gasteiger partial charge on any atom is 0.224 e. The van der Waals surface area contributed by atoms with Gasteiger partial charge in [-0.2, -0.15) is 0 Å². The van der Waals surface area contributed by atoms with E-state index in [1.54, 1.807) is 0 Å². The molecule has 1 aromatic rings. The van der Waals surface area contributed by atoms with Gasteiger partial charge >= 0.3 is 0 Å². The standard InChI is InChI=1S/C16H24N2O2/c1-2-11-20-15-6-4-14(5-7-15)18-16(19)8-3-13-9-10-17-12-13/h4-7,13,17H,2-3,8-12H2,1H3,(H,18,19). The minimum atomic E-state index is 0.0964. The lowest BCUT2D eigenvalue weighted by molar-refractivity contribution is -0.116. The van der Waals surface area contributed by atoms with Gasteiger partial charge in [0.25, 0.3) is 0 Å². The van der Waals surface area contributed by atoms with Crippen LogP contribution in [0.5, 0.6) is 5.75 Å². The van der Waals surface area contributed by atoms with Gasteiger partial charge in [0, 0.05) is 12.1 Å². The molecule has 4 nitrogen and oxygen atoms in total. The smallest absolute Gasteiger partial charge is 0.224 e. The molecule has 2 rings (SSSR count). The first kappa shape index (κ1) is 14.9. The van der Waals surface area contributed by atoms with Crippen molar-refractivity contribution in [3.63, 3.8) is 0 Å². The van der Waals surface area contributed by atoms with Crippen LogP contribution in [0.15, 0.2) is 24.3 Å². The van der Waals surface area contributed by atoms with Crippen LogP contribution in [0, 0.1) is 5.92 Å². The van der Waals surface area contributed by atoms with Gasteiger partial charge in [-0.25, -0.2) is 0 Å². The van der Waals surface area contributed by atoms with Crippen LogP contribution < -0.4 is 15.4 Å². The predicted molar refractivity (Wildman–Crippen MR) is 81.1 cm³/mol. The molecule has 4 heteroatoms. The Kier molecular flexibility index (Phi) is 5.87. The number of rotatable bonds is 7. The van der Waals surface area contributed by atoms with Crippen molar-refractivity contribution >= 4 is 11.6 Å². The molecule has 1 fully saturated rings. The first-order valence-corrected chi connectivity index (χ1v) is 7.51. The quantitative estimate of drug-likeness (QED) is 0.805. The van der Waals surface area contributed by atoms with E-state index in [1.807, 2.05) is 24.3 Å². The van der Waals surface area contributed by atoms with E-state index >= 15 is 0 Å². The van der Waals surface area contributed by atoms with Crippen molar-refractivity contribution in [3.8, 4) is 5.75 Å². The number of anilines is 1. The second kappa shape index (κ2) is 7.90. The average Bonchev–Trinajstić information content (AvgIpc) is 2.98. The predicted octanol–water partition coefficient (Wildman–Crippen LogP) is 2.80. The molecular weight excluding hydrogens is 252 g/mol. The van der Waals surface area contributed by atoms with Crippen LogP contribution >= 0.6 is 0 Å². The largest absolute Gasteiger partial charge is 0.494 e. The molecule has 1 aliphatic rings. The summed E-state index contributed by atoms with van der Waals surface area (Å²) in [6, 6.07) is 7.57. The van der Waals surface area contributed by atoms with E-state index in [1.165, 1.54) is 6.42 Å². The van der Waals surface area contributed by atoms with Crippen LogP contribution in [0.3, 0.4) is 0 Å². The molecule has 20 heavy (non-hydrogen) atoms. The highest BCUT2D eigenvalue weighted by atomic mass is 16.5. The minimum absolute atomic E-state index is 0.0964. The monoisotopic (exact) mass is 276 g/mol. The molecule has 0 aromatic heterocycles. The molecule has 0 bridgehead atoms. The third-order valence-electron chi connectivity index (χ3n) is 3.55. The van der Waals surface area contributed by atoms with Crippen LogP contribution in [0.25, 0.3) is 0 Å². The number of ether oxygens (including phenoxy) is 1. The first-order valence-electron chi connectivity index (χ1n) is 7.51. The number of hydrogen-bond acceptors (Lipinski definition) is 3. The summed E-state index contributed by atoms with van der Waals surface area (Å²) in [7, 11) is 0. The fourth-order valence-electron chi connectivity index (χ4n) is 2.37. The van der Waals surface area contributed by atoms with Crippen LogP contribution in [0.4, 0.5) is 5.69 Å². The minimum Gasteiger partial charge on any atom is -0.494 e. The second-order valence-electron chi connectivity index (χ2n) is 5.32. The van der Waals surface area contributed by atoms with Gasteiger partial charge < -0.3 is 15.4 Å². The lowest BCUT2D eigenvalue weighted by Gasteiger charge is -2.09. The Morgan fingerprint density at radius 1 is 1.40 bits per heavy atom. The van der Waals surface area contributed by atoms with E-state index in [0.29, 0.717) is 12.3 Å². The Labute approximate surface area is 120 Å². The van der Waals surface area contributed by atoms with Crippen molar-refractivity contribution in [2.75, 3.05) is 25.0 Å². The van der Waals surface area contributed by atoms with Crippen LogP contribution in [0.1, 0.15) is 32.6 Å². The third kappa shape index (κ3) is 4.85. The van der Waals surface area contributed by atoms with E-state index in [9.17, 15) is 4.79 Å². The fourth-order valence-corrected chi connectivity index (χ4v) is 2.37. The van der Waals surface area contributed by atoms with Gasteiger partial charge in [-0.05, 0) is 62.5 Å². The average molecular weight is 276 g/mol. The number of nitrogens with one attached hydrogen (secondary N) is 2. The first-order chi connectivity index (χ1) is 9.78. The van der Waals surface area contributed by atoms with Gasteiger partial charge in [0.1, 0.15) is 5.75 Å². The van der Waals surface area contributed by atoms with Crippen molar-refractivity contribution in [1.82, 2.24) is 5.32 Å². The second-order valence-corrected chi connectivity index (χ2v) is 5.32. The zero-order chi connectivity index (χ0) is 14.2. The lowest BCUT2D eigenvalue weighted by atomic mass is 10.0. The fraction of sp³-hybridized carbons (Fsp3) is 0.562. The molecule has 0 spiro atoms. The van der Waals surface area contributed by atoms with E-state index in [0.717, 1.165) is 44.0 Å². The topological polar surface area (TPSA) is 50.4 Å². The van der Waals surface area contributed by atoms with Gasteiger partial charge in [0.2, 0.25) is 5.91 Å². The molecule has 1 aliphatic heterocycles. The SMILES string of the molecule is CCCOc1ccc(NC(=O)CCC2CCNC2)cc1. The Bertz CT molecular complexity index is 411. The maximum atomic E-state index is 11.9. The van der Waals surface area contributed by atoms with Gasteiger partial charge in [-0.15, -0.1) is 0 Å². The van der Waals surface area contributed by atoms with E-state index < -0.39 is 0 Å². The van der Waals surface area contributed by atoms with Gasteiger partial charge in [-0.3, -0.25) is 4.79 Å². The molecule has 0 saturated carbocycles. The zero-order valence-electron chi connectivity index (χ0n) is 12.2. The van der Waals surface area contributed by atoms with Crippen LogP contribution in [0.2, 0.25) is 0 Å². The zero-order valence-corrected chi connectivity index (χ0v) is 12.2. The Hall–Kier alpha value is -1.55. The third-order valence-corrected chi connectivity index (χ3v) is 3.55. The van der Waals surface area contributed by atoms with Crippen molar-refractivity contribution < 1.29 is 9.53 Å². The summed E-state index contributed by atoms with van der Waals surface area (Å²) in [6.07, 6.45) is 3.75. The highest BCUT2D eigenvalue weighted by molar-refractivity contribution is 5.90. The maximum absolute atomic E-state index is 11.9. The Balaban J connectivity index is 1.72. The molecule has 0 aliphatic carbocycles. The number of hydrogen-bond donors (Lipinski definition) is 2. The Morgan fingerprint density at radius 3 is 2.85 bits per heavy atom. The van der Waals surface area contributed by atoms with Gasteiger partial charge in [-0.1, -0.05) is 6.92 Å². The van der Waals surface area contributed by atoms with Gasteiger partial charge in [0.15, 0.2) is 0 Å². The molecule has 1 amide bonds. The molecule has 1 unspecified atom stereocenters. The van der Waals surface area contributed by atoms with Crippen molar-refractivity contribution in [2.45, 2.75) is 32.6 Å². The van der Waals surface area contributed by atoms with Gasteiger partial charge in [0.05, 0.1) is 6.61 Å². The molecule has 1 heterocycles. The highest BCUT2D eigenvalue weighted by Gasteiger charge is 2.15. The van der Waals surface area contributed by atoms with E-state index in [-0.39, 0.29) is 5.91 Å². The summed E-state index contributed by atoms with van der Waals surface area (Å²) in [5.41, 5.74) is 0.836. The molecule has 110 valence electrons. The van der Waals surface area contributed by atoms with Crippen molar-refractivity contribution in [1.29, 1.82) is 0 Å². The summed E-state index contributed by atoms with van der Waals surface area (Å²) < 4.78 is 5.51. The summed E-state index contributed by atoms with van der Waals surface area (Å²) >= 11 is 0. The number of carbonyl (C=O) groups excluding carboxylic acids is 1. The van der Waals surface area contributed by atoms with Crippen LogP contribution in [-0.2, 0) is 4.79 Å². The number of benzene rings is 1. The molecular formula is C16H24N2O2. The summed E-state index contributed by atoms with van der Waals surface area (Å²) in [4.78, 5) is 11.9. The molecule has 0 radical (unpaired) electrons. The van der Waals surface area contributed by atoms with Crippen molar-refractivity contribution in [3.05, 3.63) is 24.3 Å². The lowest BCUT2D eigenvalue weighted by Crippen LogP contribution is -2.14. The normalized spacial score (nSPS) is 17.9. The van der Waals surface area contributed by atoms with E-state index in [2.05, 4.69) is 17.6 Å². The van der Waals surface area contributed by atoms with Crippen molar-refractivity contribution in [2.24, 2.45) is 5.92 Å².